The number of hydrogen-bond donors (Lipinski definition) is 1. The van der Waals surface area contributed by atoms with Gasteiger partial charge in [0.15, 0.2) is 5.82 Å². The number of ether oxygens (including phenoxy) is 2. The van der Waals surface area contributed by atoms with Crippen LogP contribution in [0, 0.1) is 10.1 Å². The number of anilines is 1. The van der Waals surface area contributed by atoms with Crippen LogP contribution in [-0.4, -0.2) is 37.5 Å². The van der Waals surface area contributed by atoms with Gasteiger partial charge < -0.3 is 9.47 Å². The molecule has 1 heterocycles. The molecule has 0 aliphatic heterocycles. The Morgan fingerprint density at radius 2 is 1.78 bits per heavy atom. The number of sulfonamides is 1. The van der Waals surface area contributed by atoms with Crippen LogP contribution in [0.4, 0.5) is 11.5 Å². The van der Waals surface area contributed by atoms with Crippen molar-refractivity contribution in [3.63, 3.8) is 0 Å². The van der Waals surface area contributed by atoms with Crippen LogP contribution >= 0.6 is 0 Å². The molecule has 0 spiro atoms. The largest absolute Gasteiger partial charge is 0.489 e. The average Bonchev–Trinajstić information content (AvgIpc) is 2.54. The highest BCUT2D eigenvalue weighted by Crippen LogP contribution is 2.32. The minimum atomic E-state index is -4.01. The monoisotopic (exact) mass is 340 g/mol. The number of methoxy groups -OCH3 is 2. The third-order valence-corrected chi connectivity index (χ3v) is 4.11. The molecular formula is C12H12N4O6S. The maximum Gasteiger partial charge on any atom is 0.269 e. The van der Waals surface area contributed by atoms with Gasteiger partial charge in [0.1, 0.15) is 6.33 Å². The highest BCUT2D eigenvalue weighted by molar-refractivity contribution is 7.92. The second-order valence-electron chi connectivity index (χ2n) is 4.12. The molecule has 0 aliphatic rings. The lowest BCUT2D eigenvalue weighted by Gasteiger charge is -2.12. The van der Waals surface area contributed by atoms with Crippen LogP contribution in [0.1, 0.15) is 0 Å². The summed E-state index contributed by atoms with van der Waals surface area (Å²) >= 11 is 0. The summed E-state index contributed by atoms with van der Waals surface area (Å²) < 4.78 is 36.8. The third kappa shape index (κ3) is 3.45. The van der Waals surface area contributed by atoms with Gasteiger partial charge in [-0.2, -0.15) is 4.98 Å². The van der Waals surface area contributed by atoms with Gasteiger partial charge in [0.25, 0.3) is 21.6 Å². The zero-order chi connectivity index (χ0) is 17.0. The number of nitro groups is 1. The average molecular weight is 340 g/mol. The van der Waals surface area contributed by atoms with Crippen molar-refractivity contribution in [2.45, 2.75) is 4.90 Å². The summed E-state index contributed by atoms with van der Waals surface area (Å²) in [6.07, 6.45) is 1.11. The third-order valence-electron chi connectivity index (χ3n) is 2.76. The molecule has 0 saturated carbocycles. The summed E-state index contributed by atoms with van der Waals surface area (Å²) in [6.45, 7) is 0. The van der Waals surface area contributed by atoms with E-state index < -0.39 is 14.9 Å². The number of rotatable bonds is 6. The molecule has 2 aromatic rings. The zero-order valence-electron chi connectivity index (χ0n) is 12.1. The van der Waals surface area contributed by atoms with Gasteiger partial charge in [-0.15, -0.1) is 0 Å². The lowest BCUT2D eigenvalue weighted by Crippen LogP contribution is -2.15. The van der Waals surface area contributed by atoms with Crippen molar-refractivity contribution >= 4 is 21.5 Å². The smallest absolute Gasteiger partial charge is 0.269 e. The van der Waals surface area contributed by atoms with E-state index in [0.717, 1.165) is 30.6 Å². The van der Waals surface area contributed by atoms with Gasteiger partial charge in [-0.1, -0.05) is 0 Å². The second kappa shape index (κ2) is 6.44. The van der Waals surface area contributed by atoms with Crippen LogP contribution in [0.2, 0.25) is 0 Å². The van der Waals surface area contributed by atoms with Crippen molar-refractivity contribution < 1.29 is 22.8 Å². The molecule has 11 heteroatoms. The first-order chi connectivity index (χ1) is 10.9. The number of non-ortho nitro benzene ring substituents is 1. The Bertz CT molecular complexity index is 822. The molecule has 0 amide bonds. The van der Waals surface area contributed by atoms with E-state index in [-0.39, 0.29) is 28.0 Å². The van der Waals surface area contributed by atoms with Crippen LogP contribution in [0.3, 0.4) is 0 Å². The normalized spacial score (nSPS) is 10.9. The van der Waals surface area contributed by atoms with Gasteiger partial charge in [0.05, 0.1) is 24.0 Å². The van der Waals surface area contributed by atoms with Crippen molar-refractivity contribution in [1.82, 2.24) is 9.97 Å². The highest BCUT2D eigenvalue weighted by atomic mass is 32.2. The van der Waals surface area contributed by atoms with E-state index in [9.17, 15) is 18.5 Å². The SMILES string of the molecule is COc1ncnc(NS(=O)(=O)c2ccc([N+](=O)[O-])cc2)c1OC. The van der Waals surface area contributed by atoms with E-state index in [4.69, 9.17) is 9.47 Å². The molecule has 1 aromatic heterocycles. The summed E-state index contributed by atoms with van der Waals surface area (Å²) in [7, 11) is -1.35. The molecule has 2 rings (SSSR count). The van der Waals surface area contributed by atoms with E-state index >= 15 is 0 Å². The molecule has 0 unspecified atom stereocenters. The predicted octanol–water partition coefficient (Wildman–Crippen LogP) is 1.20. The van der Waals surface area contributed by atoms with Gasteiger partial charge in [0.2, 0.25) is 5.75 Å². The number of nitrogens with zero attached hydrogens (tertiary/aromatic N) is 3. The van der Waals surface area contributed by atoms with E-state index in [1.807, 2.05) is 0 Å². The summed E-state index contributed by atoms with van der Waals surface area (Å²) in [5.74, 6) is -0.0397. The van der Waals surface area contributed by atoms with Crippen molar-refractivity contribution in [2.24, 2.45) is 0 Å². The number of nitro benzene ring substituents is 1. The molecule has 0 atom stereocenters. The Hall–Kier alpha value is -2.95. The van der Waals surface area contributed by atoms with Gasteiger partial charge in [0, 0.05) is 12.1 Å². The molecule has 0 saturated heterocycles. The van der Waals surface area contributed by atoms with Crippen LogP contribution in [0.25, 0.3) is 0 Å². The molecule has 1 N–H and O–H groups in total. The fourth-order valence-corrected chi connectivity index (χ4v) is 2.71. The molecule has 0 bridgehead atoms. The minimum Gasteiger partial charge on any atom is -0.489 e. The molecule has 0 aliphatic carbocycles. The fourth-order valence-electron chi connectivity index (χ4n) is 1.69. The topological polar surface area (TPSA) is 134 Å². The first kappa shape index (κ1) is 16.4. The Labute approximate surface area is 131 Å². The lowest BCUT2D eigenvalue weighted by atomic mass is 10.3. The van der Waals surface area contributed by atoms with Gasteiger partial charge in [-0.05, 0) is 12.1 Å². The lowest BCUT2D eigenvalue weighted by molar-refractivity contribution is -0.384. The van der Waals surface area contributed by atoms with Crippen molar-refractivity contribution in [1.29, 1.82) is 0 Å². The highest BCUT2D eigenvalue weighted by Gasteiger charge is 2.21. The fraction of sp³-hybridized carbons (Fsp3) is 0.167. The maximum absolute atomic E-state index is 12.3. The molecule has 10 nitrogen and oxygen atoms in total. The predicted molar refractivity (Wildman–Crippen MR) is 79.0 cm³/mol. The van der Waals surface area contributed by atoms with Crippen LogP contribution in [0.5, 0.6) is 11.6 Å². The first-order valence-electron chi connectivity index (χ1n) is 6.09. The standard InChI is InChI=1S/C12H12N4O6S/c1-21-10-11(13-7-14-12(10)22-2)15-23(19,20)9-5-3-8(4-6-9)16(17)18/h3-7H,1-2H3,(H,13,14,15). The molecule has 23 heavy (non-hydrogen) atoms. The zero-order valence-corrected chi connectivity index (χ0v) is 12.9. The summed E-state index contributed by atoms with van der Waals surface area (Å²) in [4.78, 5) is 17.4. The molecule has 1 aromatic carbocycles. The van der Waals surface area contributed by atoms with E-state index in [1.54, 1.807) is 0 Å². The molecule has 0 radical (unpaired) electrons. The van der Waals surface area contributed by atoms with Crippen molar-refractivity contribution in [3.8, 4) is 11.6 Å². The van der Waals surface area contributed by atoms with E-state index in [0.29, 0.717) is 0 Å². The Morgan fingerprint density at radius 1 is 1.13 bits per heavy atom. The number of aromatic nitrogens is 2. The second-order valence-corrected chi connectivity index (χ2v) is 5.80. The molecule has 122 valence electrons. The van der Waals surface area contributed by atoms with Gasteiger partial charge in [-0.3, -0.25) is 14.8 Å². The van der Waals surface area contributed by atoms with E-state index in [1.165, 1.54) is 14.2 Å². The summed E-state index contributed by atoms with van der Waals surface area (Å²) in [5, 5.41) is 10.6. The van der Waals surface area contributed by atoms with Crippen LogP contribution in [-0.2, 0) is 10.0 Å². The molecular weight excluding hydrogens is 328 g/mol. The Balaban J connectivity index is 2.37. The van der Waals surface area contributed by atoms with Crippen LogP contribution < -0.4 is 14.2 Å². The Morgan fingerprint density at radius 3 is 2.30 bits per heavy atom. The van der Waals surface area contributed by atoms with Crippen LogP contribution in [0.15, 0.2) is 35.5 Å². The van der Waals surface area contributed by atoms with Gasteiger partial charge >= 0.3 is 0 Å². The van der Waals surface area contributed by atoms with Crippen molar-refractivity contribution in [3.05, 3.63) is 40.7 Å². The number of hydrogen-bond acceptors (Lipinski definition) is 8. The maximum atomic E-state index is 12.3. The first-order valence-corrected chi connectivity index (χ1v) is 7.57. The quantitative estimate of drug-likeness (QED) is 0.612. The number of benzene rings is 1. The van der Waals surface area contributed by atoms with E-state index in [2.05, 4.69) is 14.7 Å². The summed E-state index contributed by atoms with van der Waals surface area (Å²) in [5.41, 5.74) is -0.217. The number of nitrogens with one attached hydrogen (secondary N) is 1. The molecule has 0 fully saturated rings. The van der Waals surface area contributed by atoms with Gasteiger partial charge in [-0.25, -0.2) is 13.4 Å². The Kier molecular flexibility index (Phi) is 4.60. The summed E-state index contributed by atoms with van der Waals surface area (Å²) in [6, 6.07) is 4.41. The van der Waals surface area contributed by atoms with Crippen molar-refractivity contribution in [2.75, 3.05) is 18.9 Å². The minimum absolute atomic E-state index is 0.0143.